The molecule has 7 heteroatoms. The normalized spacial score (nSPS) is 12.1. The first-order chi connectivity index (χ1) is 11.4. The summed E-state index contributed by atoms with van der Waals surface area (Å²) in [6, 6.07) is 9.22. The van der Waals surface area contributed by atoms with Crippen LogP contribution < -0.4 is 9.47 Å². The average Bonchev–Trinajstić information content (AvgIpc) is 2.52. The number of aliphatic hydroxyl groups is 1. The average molecular weight is 340 g/mol. The molecule has 0 saturated heterocycles. The molecule has 0 aromatic heterocycles. The summed E-state index contributed by atoms with van der Waals surface area (Å²) in [5.74, 6) is -0.967. The summed E-state index contributed by atoms with van der Waals surface area (Å²) in [6.45, 7) is -1.84. The maximum atomic E-state index is 13.7. The molecule has 24 heavy (non-hydrogen) atoms. The van der Waals surface area contributed by atoms with Gasteiger partial charge >= 0.3 is 6.61 Å². The molecule has 0 fully saturated rings. The molecule has 0 amide bonds. The highest BCUT2D eigenvalue weighted by atomic mass is 19.3. The largest absolute Gasteiger partial charge is 0.490 e. The van der Waals surface area contributed by atoms with E-state index < -0.39 is 24.3 Å². The van der Waals surface area contributed by atoms with E-state index in [0.29, 0.717) is 5.56 Å². The molecule has 0 saturated carbocycles. The van der Waals surface area contributed by atoms with Gasteiger partial charge in [0.15, 0.2) is 5.78 Å². The van der Waals surface area contributed by atoms with Crippen molar-refractivity contribution in [2.45, 2.75) is 19.6 Å². The molecule has 0 aliphatic heterocycles. The summed E-state index contributed by atoms with van der Waals surface area (Å²) in [6.07, 6.45) is -1.04. The van der Waals surface area contributed by atoms with Gasteiger partial charge in [0, 0.05) is 6.07 Å². The molecular weight excluding hydrogens is 325 g/mol. The van der Waals surface area contributed by atoms with E-state index in [2.05, 4.69) is 4.74 Å². The number of aliphatic hydroxyl groups excluding tert-OH is 1. The van der Waals surface area contributed by atoms with Gasteiger partial charge in [-0.1, -0.05) is 12.1 Å². The van der Waals surface area contributed by atoms with Crippen LogP contribution >= 0.6 is 0 Å². The Bertz CT molecular complexity index is 701. The van der Waals surface area contributed by atoms with E-state index >= 15 is 0 Å². The molecule has 0 spiro atoms. The van der Waals surface area contributed by atoms with Crippen molar-refractivity contribution in [3.63, 3.8) is 0 Å². The third kappa shape index (κ3) is 4.73. The van der Waals surface area contributed by atoms with Gasteiger partial charge in [-0.3, -0.25) is 4.79 Å². The SMILES string of the molecule is CC(=O)c1ccc(OCC(O)c2ccc(OC(F)F)cc2)cc1F. The summed E-state index contributed by atoms with van der Waals surface area (Å²) in [5, 5.41) is 10.0. The van der Waals surface area contributed by atoms with Crippen LogP contribution in [0.5, 0.6) is 11.5 Å². The van der Waals surface area contributed by atoms with E-state index in [1.54, 1.807) is 0 Å². The van der Waals surface area contributed by atoms with Gasteiger partial charge in [0.1, 0.15) is 30.0 Å². The van der Waals surface area contributed by atoms with Gasteiger partial charge < -0.3 is 14.6 Å². The smallest absolute Gasteiger partial charge is 0.387 e. The van der Waals surface area contributed by atoms with E-state index in [0.717, 1.165) is 6.07 Å². The van der Waals surface area contributed by atoms with Crippen LogP contribution in [0.15, 0.2) is 42.5 Å². The summed E-state index contributed by atoms with van der Waals surface area (Å²) in [4.78, 5) is 11.1. The summed E-state index contributed by atoms with van der Waals surface area (Å²) in [7, 11) is 0. The molecular formula is C17H15F3O4. The maximum absolute atomic E-state index is 13.7. The number of alkyl halides is 2. The van der Waals surface area contributed by atoms with Crippen LogP contribution in [0.2, 0.25) is 0 Å². The van der Waals surface area contributed by atoms with Gasteiger partial charge in [-0.25, -0.2) is 4.39 Å². The highest BCUT2D eigenvalue weighted by Crippen LogP contribution is 2.22. The Morgan fingerprint density at radius 2 is 1.75 bits per heavy atom. The van der Waals surface area contributed by atoms with E-state index in [1.165, 1.54) is 43.3 Å². The molecule has 0 aliphatic carbocycles. The lowest BCUT2D eigenvalue weighted by molar-refractivity contribution is -0.0498. The molecule has 0 bridgehead atoms. The van der Waals surface area contributed by atoms with E-state index in [1.807, 2.05) is 0 Å². The first-order valence-electron chi connectivity index (χ1n) is 7.03. The second-order valence-electron chi connectivity index (χ2n) is 4.97. The minimum Gasteiger partial charge on any atom is -0.490 e. The van der Waals surface area contributed by atoms with Gasteiger partial charge in [-0.15, -0.1) is 0 Å². The Morgan fingerprint density at radius 3 is 2.29 bits per heavy atom. The van der Waals surface area contributed by atoms with Crippen molar-refractivity contribution in [2.24, 2.45) is 0 Å². The molecule has 2 rings (SSSR count). The van der Waals surface area contributed by atoms with Gasteiger partial charge in [0.05, 0.1) is 5.56 Å². The van der Waals surface area contributed by atoms with Crippen molar-refractivity contribution >= 4 is 5.78 Å². The maximum Gasteiger partial charge on any atom is 0.387 e. The number of hydrogen-bond acceptors (Lipinski definition) is 4. The van der Waals surface area contributed by atoms with Gasteiger partial charge in [-0.05, 0) is 36.8 Å². The van der Waals surface area contributed by atoms with Crippen LogP contribution in [-0.4, -0.2) is 24.1 Å². The summed E-state index contributed by atoms with van der Waals surface area (Å²) >= 11 is 0. The van der Waals surface area contributed by atoms with Crippen molar-refractivity contribution in [2.75, 3.05) is 6.61 Å². The Balaban J connectivity index is 1.96. The Kier molecular flexibility index (Phi) is 5.81. The molecule has 0 aliphatic rings. The van der Waals surface area contributed by atoms with Crippen LogP contribution in [0, 0.1) is 5.82 Å². The zero-order chi connectivity index (χ0) is 17.7. The van der Waals surface area contributed by atoms with Crippen LogP contribution in [0.3, 0.4) is 0 Å². The zero-order valence-electron chi connectivity index (χ0n) is 12.7. The number of ether oxygens (including phenoxy) is 2. The molecule has 2 aromatic rings. The molecule has 2 aromatic carbocycles. The van der Waals surface area contributed by atoms with Crippen molar-refractivity contribution in [3.05, 3.63) is 59.4 Å². The Morgan fingerprint density at radius 1 is 1.12 bits per heavy atom. The second-order valence-corrected chi connectivity index (χ2v) is 4.97. The lowest BCUT2D eigenvalue weighted by Crippen LogP contribution is -2.10. The number of Topliss-reactive ketones (excluding diaryl/α,β-unsaturated/α-hetero) is 1. The van der Waals surface area contributed by atoms with Crippen molar-refractivity contribution in [3.8, 4) is 11.5 Å². The van der Waals surface area contributed by atoms with Gasteiger partial charge in [0.2, 0.25) is 0 Å². The fraction of sp³-hybridized carbons (Fsp3) is 0.235. The van der Waals surface area contributed by atoms with Crippen LogP contribution in [0.25, 0.3) is 0 Å². The first-order valence-corrected chi connectivity index (χ1v) is 7.03. The van der Waals surface area contributed by atoms with Gasteiger partial charge in [-0.2, -0.15) is 8.78 Å². The van der Waals surface area contributed by atoms with Crippen molar-refractivity contribution in [1.82, 2.24) is 0 Å². The molecule has 0 radical (unpaired) electrons. The van der Waals surface area contributed by atoms with E-state index in [-0.39, 0.29) is 23.7 Å². The standard InChI is InChI=1S/C17H15F3O4/c1-10(21)14-7-6-13(8-15(14)18)23-9-16(22)11-2-4-12(5-3-11)24-17(19)20/h2-8,16-17,22H,9H2,1H3. The van der Waals surface area contributed by atoms with Crippen molar-refractivity contribution in [1.29, 1.82) is 0 Å². The minimum atomic E-state index is -2.92. The number of carbonyl (C=O) groups is 1. The minimum absolute atomic E-state index is 0.0243. The molecule has 0 heterocycles. The number of carbonyl (C=O) groups excluding carboxylic acids is 1. The number of halogens is 3. The predicted molar refractivity (Wildman–Crippen MR) is 79.9 cm³/mol. The quantitative estimate of drug-likeness (QED) is 0.780. The lowest BCUT2D eigenvalue weighted by atomic mass is 10.1. The number of benzene rings is 2. The number of hydrogen-bond donors (Lipinski definition) is 1. The zero-order valence-corrected chi connectivity index (χ0v) is 12.7. The van der Waals surface area contributed by atoms with Gasteiger partial charge in [0.25, 0.3) is 0 Å². The lowest BCUT2D eigenvalue weighted by Gasteiger charge is -2.14. The fourth-order valence-electron chi connectivity index (χ4n) is 2.01. The summed E-state index contributed by atoms with van der Waals surface area (Å²) < 4.78 is 47.3. The van der Waals surface area contributed by atoms with E-state index in [9.17, 15) is 23.1 Å². The predicted octanol–water partition coefficient (Wildman–Crippen LogP) is 3.74. The first kappa shape index (κ1) is 17.8. The topological polar surface area (TPSA) is 55.8 Å². The molecule has 1 unspecified atom stereocenters. The second kappa shape index (κ2) is 7.83. The van der Waals surface area contributed by atoms with Crippen LogP contribution in [-0.2, 0) is 0 Å². The summed E-state index contributed by atoms with van der Waals surface area (Å²) in [5.41, 5.74) is 0.384. The molecule has 128 valence electrons. The number of rotatable bonds is 7. The molecule has 1 N–H and O–H groups in total. The Labute approximate surface area is 136 Å². The Hall–Kier alpha value is -2.54. The van der Waals surface area contributed by atoms with E-state index in [4.69, 9.17) is 4.74 Å². The third-order valence-corrected chi connectivity index (χ3v) is 3.22. The molecule has 1 atom stereocenters. The van der Waals surface area contributed by atoms with Crippen molar-refractivity contribution < 1.29 is 32.5 Å². The monoisotopic (exact) mass is 340 g/mol. The fourth-order valence-corrected chi connectivity index (χ4v) is 2.01. The van der Waals surface area contributed by atoms with Crippen LogP contribution in [0.1, 0.15) is 28.9 Å². The third-order valence-electron chi connectivity index (χ3n) is 3.22. The highest BCUT2D eigenvalue weighted by Gasteiger charge is 2.12. The highest BCUT2D eigenvalue weighted by molar-refractivity contribution is 5.94. The molecule has 4 nitrogen and oxygen atoms in total. The number of ketones is 1. The van der Waals surface area contributed by atoms with Crippen LogP contribution in [0.4, 0.5) is 13.2 Å².